The van der Waals surface area contributed by atoms with Crippen molar-refractivity contribution in [2.24, 2.45) is 0 Å². The Balaban J connectivity index is 1.87. The Labute approximate surface area is 164 Å². The number of amides is 1. The normalized spacial score (nSPS) is 11.5. The number of hydrogen-bond donors (Lipinski definition) is 2. The van der Waals surface area contributed by atoms with Crippen LogP contribution in [0.3, 0.4) is 0 Å². The molecular weight excluding hydrogens is 358 g/mol. The molecule has 2 N–H and O–H groups in total. The Morgan fingerprint density at radius 1 is 1.07 bits per heavy atom. The van der Waals surface area contributed by atoms with Crippen molar-refractivity contribution in [3.63, 3.8) is 0 Å². The summed E-state index contributed by atoms with van der Waals surface area (Å²) in [6.45, 7) is 5.54. The zero-order valence-electron chi connectivity index (χ0n) is 16.3. The molecule has 0 spiro atoms. The Kier molecular flexibility index (Phi) is 7.32. The number of benzene rings is 2. The third kappa shape index (κ3) is 6.23. The first kappa shape index (κ1) is 21.2. The summed E-state index contributed by atoms with van der Waals surface area (Å²) in [5, 5.41) is 12.1. The Morgan fingerprint density at radius 3 is 2.36 bits per heavy atom. The van der Waals surface area contributed by atoms with E-state index in [-0.39, 0.29) is 24.7 Å². The van der Waals surface area contributed by atoms with E-state index in [1.54, 1.807) is 36.4 Å². The summed E-state index contributed by atoms with van der Waals surface area (Å²) >= 11 is 0. The van der Waals surface area contributed by atoms with Crippen molar-refractivity contribution in [2.45, 2.75) is 39.7 Å². The number of aliphatic carboxylic acids is 1. The topological polar surface area (TPSA) is 92.7 Å². The Bertz CT molecular complexity index is 855. The fourth-order valence-corrected chi connectivity index (χ4v) is 2.92. The van der Waals surface area contributed by atoms with E-state index >= 15 is 0 Å². The molecule has 2 aromatic carbocycles. The van der Waals surface area contributed by atoms with Gasteiger partial charge in [-0.15, -0.1) is 0 Å². The molecular formula is C22H25NO5. The summed E-state index contributed by atoms with van der Waals surface area (Å²) < 4.78 is 5.57. The number of carbonyl (C=O) groups is 3. The van der Waals surface area contributed by atoms with Crippen LogP contribution in [0.15, 0.2) is 42.5 Å². The highest BCUT2D eigenvalue weighted by Gasteiger charge is 2.22. The van der Waals surface area contributed by atoms with Crippen molar-refractivity contribution in [3.05, 3.63) is 64.7 Å². The van der Waals surface area contributed by atoms with Gasteiger partial charge in [-0.2, -0.15) is 0 Å². The second kappa shape index (κ2) is 9.69. The van der Waals surface area contributed by atoms with E-state index < -0.39 is 12.0 Å². The molecule has 0 aliphatic heterocycles. The summed E-state index contributed by atoms with van der Waals surface area (Å²) in [6, 6.07) is 11.2. The molecule has 0 aliphatic carbocycles. The van der Waals surface area contributed by atoms with Crippen molar-refractivity contribution in [2.75, 3.05) is 6.61 Å². The van der Waals surface area contributed by atoms with Gasteiger partial charge in [0.05, 0.1) is 6.61 Å². The highest BCUT2D eigenvalue weighted by Crippen LogP contribution is 2.18. The summed E-state index contributed by atoms with van der Waals surface area (Å²) in [6.07, 6.45) is 0.566. The molecule has 0 aliphatic rings. The van der Waals surface area contributed by atoms with Crippen LogP contribution >= 0.6 is 0 Å². The predicted molar refractivity (Wildman–Crippen MR) is 106 cm³/mol. The largest absolute Gasteiger partial charge is 0.494 e. The van der Waals surface area contributed by atoms with Gasteiger partial charge in [-0.05, 0) is 44.9 Å². The number of carboxylic acids is 1. The summed E-state index contributed by atoms with van der Waals surface area (Å²) in [7, 11) is 0. The van der Waals surface area contributed by atoms with Crippen LogP contribution in [0, 0.1) is 13.8 Å². The average molecular weight is 383 g/mol. The SMILES string of the molecule is CC(=O)c1cccc(OCCCC(=O)NC(C(=O)O)c2cc(C)cc(C)c2)c1. The summed E-state index contributed by atoms with van der Waals surface area (Å²) in [4.78, 5) is 35.2. The number of aryl methyl sites for hydroxylation is 2. The maximum absolute atomic E-state index is 12.2. The van der Waals surface area contributed by atoms with Crippen LogP contribution in [0.1, 0.15) is 52.9 Å². The third-order valence-electron chi connectivity index (χ3n) is 4.19. The zero-order chi connectivity index (χ0) is 20.7. The summed E-state index contributed by atoms with van der Waals surface area (Å²) in [5.74, 6) is -0.939. The first-order valence-corrected chi connectivity index (χ1v) is 9.10. The van der Waals surface area contributed by atoms with Gasteiger partial charge in [-0.1, -0.05) is 41.5 Å². The molecule has 0 aromatic heterocycles. The van der Waals surface area contributed by atoms with Crippen LogP contribution in [0.5, 0.6) is 5.75 Å². The van der Waals surface area contributed by atoms with Crippen molar-refractivity contribution >= 4 is 17.7 Å². The van der Waals surface area contributed by atoms with Gasteiger partial charge in [0, 0.05) is 12.0 Å². The van der Waals surface area contributed by atoms with E-state index in [0.717, 1.165) is 11.1 Å². The molecule has 6 heteroatoms. The molecule has 0 fully saturated rings. The minimum Gasteiger partial charge on any atom is -0.494 e. The second-order valence-electron chi connectivity index (χ2n) is 6.80. The van der Waals surface area contributed by atoms with E-state index in [2.05, 4.69) is 5.32 Å². The number of ether oxygens (including phenoxy) is 1. The lowest BCUT2D eigenvalue weighted by atomic mass is 10.0. The van der Waals surface area contributed by atoms with Crippen LogP contribution in [-0.2, 0) is 9.59 Å². The van der Waals surface area contributed by atoms with E-state index in [4.69, 9.17) is 4.74 Å². The van der Waals surface area contributed by atoms with Gasteiger partial charge in [-0.25, -0.2) is 4.79 Å². The lowest BCUT2D eigenvalue weighted by molar-refractivity contribution is -0.142. The number of Topliss-reactive ketones (excluding diaryl/α,β-unsaturated/α-hetero) is 1. The van der Waals surface area contributed by atoms with Crippen LogP contribution in [0.25, 0.3) is 0 Å². The van der Waals surface area contributed by atoms with Crippen LogP contribution in [-0.4, -0.2) is 29.4 Å². The maximum atomic E-state index is 12.2. The molecule has 1 amide bonds. The van der Waals surface area contributed by atoms with Crippen LogP contribution in [0.4, 0.5) is 0 Å². The fourth-order valence-electron chi connectivity index (χ4n) is 2.92. The van der Waals surface area contributed by atoms with Crippen molar-refractivity contribution < 1.29 is 24.2 Å². The lowest BCUT2D eigenvalue weighted by Crippen LogP contribution is -2.33. The van der Waals surface area contributed by atoms with Crippen molar-refractivity contribution in [1.29, 1.82) is 0 Å². The van der Waals surface area contributed by atoms with E-state index in [1.807, 2.05) is 19.9 Å². The highest BCUT2D eigenvalue weighted by molar-refractivity contribution is 5.94. The third-order valence-corrected chi connectivity index (χ3v) is 4.19. The molecule has 28 heavy (non-hydrogen) atoms. The molecule has 1 unspecified atom stereocenters. The second-order valence-corrected chi connectivity index (χ2v) is 6.80. The number of rotatable bonds is 9. The fraction of sp³-hybridized carbons (Fsp3) is 0.318. The lowest BCUT2D eigenvalue weighted by Gasteiger charge is -2.16. The molecule has 0 saturated carbocycles. The van der Waals surface area contributed by atoms with Crippen LogP contribution < -0.4 is 10.1 Å². The number of nitrogens with one attached hydrogen (secondary N) is 1. The zero-order valence-corrected chi connectivity index (χ0v) is 16.3. The van der Waals surface area contributed by atoms with Gasteiger partial charge in [-0.3, -0.25) is 9.59 Å². The standard InChI is InChI=1S/C22H25NO5/c1-14-10-15(2)12-18(11-14)21(22(26)27)23-20(25)8-5-9-28-19-7-4-6-17(13-19)16(3)24/h4,6-7,10-13,21H,5,8-9H2,1-3H3,(H,23,25)(H,26,27). The number of carboxylic acid groups (broad SMARTS) is 1. The van der Waals surface area contributed by atoms with Crippen molar-refractivity contribution in [1.82, 2.24) is 5.32 Å². The van der Waals surface area contributed by atoms with Gasteiger partial charge in [0.15, 0.2) is 11.8 Å². The van der Waals surface area contributed by atoms with E-state index in [0.29, 0.717) is 23.3 Å². The quantitative estimate of drug-likeness (QED) is 0.510. The molecule has 0 heterocycles. The van der Waals surface area contributed by atoms with E-state index in [1.165, 1.54) is 6.92 Å². The van der Waals surface area contributed by atoms with Crippen molar-refractivity contribution in [3.8, 4) is 5.75 Å². The average Bonchev–Trinajstić information content (AvgIpc) is 2.62. The first-order chi connectivity index (χ1) is 13.3. The molecule has 2 aromatic rings. The number of hydrogen-bond acceptors (Lipinski definition) is 4. The smallest absolute Gasteiger partial charge is 0.330 e. The minimum atomic E-state index is -1.10. The van der Waals surface area contributed by atoms with Gasteiger partial charge >= 0.3 is 5.97 Å². The number of ketones is 1. The molecule has 0 saturated heterocycles. The molecule has 0 bridgehead atoms. The molecule has 6 nitrogen and oxygen atoms in total. The van der Waals surface area contributed by atoms with Gasteiger partial charge < -0.3 is 15.2 Å². The monoisotopic (exact) mass is 383 g/mol. The predicted octanol–water partition coefficient (Wildman–Crippen LogP) is 3.61. The Morgan fingerprint density at radius 2 is 1.75 bits per heavy atom. The molecule has 2 rings (SSSR count). The summed E-state index contributed by atoms with van der Waals surface area (Å²) in [5.41, 5.74) is 3.00. The molecule has 1 atom stereocenters. The number of carbonyl (C=O) groups excluding carboxylic acids is 2. The van der Waals surface area contributed by atoms with Crippen LogP contribution in [0.2, 0.25) is 0 Å². The molecule has 148 valence electrons. The first-order valence-electron chi connectivity index (χ1n) is 9.10. The maximum Gasteiger partial charge on any atom is 0.330 e. The highest BCUT2D eigenvalue weighted by atomic mass is 16.5. The molecule has 0 radical (unpaired) electrons. The van der Waals surface area contributed by atoms with Gasteiger partial charge in [0.25, 0.3) is 0 Å². The van der Waals surface area contributed by atoms with E-state index in [9.17, 15) is 19.5 Å². The minimum absolute atomic E-state index is 0.0454. The van der Waals surface area contributed by atoms with Gasteiger partial charge in [0.2, 0.25) is 5.91 Å². The van der Waals surface area contributed by atoms with Gasteiger partial charge in [0.1, 0.15) is 5.75 Å². The Hall–Kier alpha value is -3.15.